The summed E-state index contributed by atoms with van der Waals surface area (Å²) in [5.41, 5.74) is 5.24. The van der Waals surface area contributed by atoms with Crippen molar-refractivity contribution in [2.24, 2.45) is 0 Å². The molecule has 162 valence electrons. The number of hydrogen-bond donors (Lipinski definition) is 2. The maximum absolute atomic E-state index is 12.4. The van der Waals surface area contributed by atoms with Crippen LogP contribution in [0.3, 0.4) is 0 Å². The molecule has 0 saturated carbocycles. The number of carbonyl (C=O) groups excluding carboxylic acids is 1. The SMILES string of the molecule is C/C=C(\C=C/CC)N[C@H]1C[C@@H](C)N(C(C)=O)c2ccc(-c3ccc(C(=O)O)cc3)cc21. The zero-order valence-corrected chi connectivity index (χ0v) is 18.6. The Bertz CT molecular complexity index is 1020. The molecular weight excluding hydrogens is 388 g/mol. The maximum Gasteiger partial charge on any atom is 0.335 e. The van der Waals surface area contributed by atoms with Gasteiger partial charge in [-0.15, -0.1) is 0 Å². The van der Waals surface area contributed by atoms with Crippen LogP contribution in [0.4, 0.5) is 5.69 Å². The smallest absolute Gasteiger partial charge is 0.335 e. The Kier molecular flexibility index (Phi) is 6.95. The molecule has 1 heterocycles. The Balaban J connectivity index is 2.04. The van der Waals surface area contributed by atoms with Crippen LogP contribution in [0.25, 0.3) is 11.1 Å². The van der Waals surface area contributed by atoms with E-state index in [0.717, 1.165) is 40.9 Å². The lowest BCUT2D eigenvalue weighted by molar-refractivity contribution is -0.117. The van der Waals surface area contributed by atoms with Crippen molar-refractivity contribution in [1.29, 1.82) is 0 Å². The summed E-state index contributed by atoms with van der Waals surface area (Å²) < 4.78 is 0. The van der Waals surface area contributed by atoms with Crippen molar-refractivity contribution in [2.45, 2.75) is 52.6 Å². The Morgan fingerprint density at radius 3 is 2.42 bits per heavy atom. The fraction of sp³-hybridized carbons (Fsp3) is 0.308. The summed E-state index contributed by atoms with van der Waals surface area (Å²) in [5.74, 6) is -0.908. The topological polar surface area (TPSA) is 69.6 Å². The first kappa shape index (κ1) is 22.3. The first-order valence-electron chi connectivity index (χ1n) is 10.7. The molecule has 0 aromatic heterocycles. The Labute approximate surface area is 184 Å². The molecule has 1 amide bonds. The predicted molar refractivity (Wildman–Crippen MR) is 125 cm³/mol. The number of anilines is 1. The summed E-state index contributed by atoms with van der Waals surface area (Å²) in [7, 11) is 0. The van der Waals surface area contributed by atoms with Gasteiger partial charge in [0.1, 0.15) is 0 Å². The first-order chi connectivity index (χ1) is 14.8. The van der Waals surface area contributed by atoms with E-state index in [-0.39, 0.29) is 23.6 Å². The third-order valence-electron chi connectivity index (χ3n) is 5.67. The highest BCUT2D eigenvalue weighted by Crippen LogP contribution is 2.40. The molecule has 0 fully saturated rings. The van der Waals surface area contributed by atoms with Gasteiger partial charge in [-0.2, -0.15) is 0 Å². The monoisotopic (exact) mass is 418 g/mol. The third-order valence-corrected chi connectivity index (χ3v) is 5.67. The van der Waals surface area contributed by atoms with Crippen LogP contribution >= 0.6 is 0 Å². The number of hydrogen-bond acceptors (Lipinski definition) is 3. The molecule has 5 nitrogen and oxygen atoms in total. The minimum atomic E-state index is -0.939. The second kappa shape index (κ2) is 9.65. The maximum atomic E-state index is 12.4. The molecule has 1 aliphatic heterocycles. The van der Waals surface area contributed by atoms with Gasteiger partial charge in [0.15, 0.2) is 0 Å². The lowest BCUT2D eigenvalue weighted by atomic mass is 9.88. The van der Waals surface area contributed by atoms with Crippen molar-refractivity contribution in [3.05, 3.63) is 77.5 Å². The minimum Gasteiger partial charge on any atom is -0.478 e. The number of carboxylic acid groups (broad SMARTS) is 1. The largest absolute Gasteiger partial charge is 0.478 e. The van der Waals surface area contributed by atoms with E-state index in [1.54, 1.807) is 19.1 Å². The van der Waals surface area contributed by atoms with E-state index in [1.807, 2.05) is 36.1 Å². The van der Waals surface area contributed by atoms with Crippen LogP contribution in [0.1, 0.15) is 62.5 Å². The summed E-state index contributed by atoms with van der Waals surface area (Å²) in [6.07, 6.45) is 8.03. The van der Waals surface area contributed by atoms with Gasteiger partial charge in [0.2, 0.25) is 5.91 Å². The van der Waals surface area contributed by atoms with Gasteiger partial charge in [-0.05, 0) is 73.7 Å². The molecule has 3 rings (SSSR count). The average Bonchev–Trinajstić information content (AvgIpc) is 2.76. The Morgan fingerprint density at radius 1 is 1.16 bits per heavy atom. The van der Waals surface area contributed by atoms with E-state index >= 15 is 0 Å². The average molecular weight is 419 g/mol. The number of allylic oxidation sites excluding steroid dienone is 3. The molecule has 0 bridgehead atoms. The van der Waals surface area contributed by atoms with E-state index in [9.17, 15) is 9.59 Å². The summed E-state index contributed by atoms with van der Waals surface area (Å²) in [5, 5.41) is 12.8. The van der Waals surface area contributed by atoms with Crippen LogP contribution in [-0.4, -0.2) is 23.0 Å². The molecule has 2 N–H and O–H groups in total. The molecule has 2 atom stereocenters. The van der Waals surface area contributed by atoms with Crippen molar-refractivity contribution in [3.63, 3.8) is 0 Å². The summed E-state index contributed by atoms with van der Waals surface area (Å²) in [6, 6.07) is 13.1. The minimum absolute atomic E-state index is 0.0305. The zero-order chi connectivity index (χ0) is 22.5. The van der Waals surface area contributed by atoms with Crippen molar-refractivity contribution in [3.8, 4) is 11.1 Å². The van der Waals surface area contributed by atoms with Crippen molar-refractivity contribution < 1.29 is 14.7 Å². The summed E-state index contributed by atoms with van der Waals surface area (Å²) in [4.78, 5) is 25.4. The molecule has 0 radical (unpaired) electrons. The zero-order valence-electron chi connectivity index (χ0n) is 18.6. The standard InChI is InChI=1S/C26H30N2O3/c1-5-7-8-22(6-2)27-24-15-17(3)28(18(4)29)25-14-13-21(16-23(24)25)19-9-11-20(12-10-19)26(30)31/h6-14,16-17,24,27H,5,15H2,1-4H3,(H,30,31)/b8-7-,22-6+/t17-,24+/m1/s1. The van der Waals surface area contributed by atoms with Crippen LogP contribution in [0.15, 0.2) is 66.4 Å². The predicted octanol–water partition coefficient (Wildman–Crippen LogP) is 5.70. The molecule has 2 aromatic rings. The van der Waals surface area contributed by atoms with E-state index in [4.69, 9.17) is 5.11 Å². The molecule has 1 aliphatic rings. The number of rotatable bonds is 6. The van der Waals surface area contributed by atoms with Crippen molar-refractivity contribution >= 4 is 17.6 Å². The number of carboxylic acids is 1. The van der Waals surface area contributed by atoms with Crippen LogP contribution in [0.5, 0.6) is 0 Å². The number of carbonyl (C=O) groups is 2. The third kappa shape index (κ3) is 4.88. The van der Waals surface area contributed by atoms with Gasteiger partial charge >= 0.3 is 5.97 Å². The van der Waals surface area contributed by atoms with Gasteiger partial charge in [0.25, 0.3) is 0 Å². The molecular formula is C26H30N2O3. The molecule has 31 heavy (non-hydrogen) atoms. The quantitative estimate of drug-likeness (QED) is 0.591. The second-order valence-electron chi connectivity index (χ2n) is 7.88. The number of nitrogens with zero attached hydrogens (tertiary/aromatic N) is 1. The number of benzene rings is 2. The van der Waals surface area contributed by atoms with E-state index in [2.05, 4.69) is 43.5 Å². The Morgan fingerprint density at radius 2 is 1.84 bits per heavy atom. The number of fused-ring (bicyclic) bond motifs is 1. The molecule has 2 aromatic carbocycles. The second-order valence-corrected chi connectivity index (χ2v) is 7.88. The van der Waals surface area contributed by atoms with Gasteiger partial charge in [-0.25, -0.2) is 4.79 Å². The van der Waals surface area contributed by atoms with Crippen molar-refractivity contribution in [2.75, 3.05) is 4.90 Å². The van der Waals surface area contributed by atoms with Crippen LogP contribution < -0.4 is 10.2 Å². The van der Waals surface area contributed by atoms with E-state index in [0.29, 0.717) is 0 Å². The normalized spacial score (nSPS) is 18.7. The van der Waals surface area contributed by atoms with E-state index < -0.39 is 5.97 Å². The first-order valence-corrected chi connectivity index (χ1v) is 10.7. The molecule has 0 spiro atoms. The summed E-state index contributed by atoms with van der Waals surface area (Å²) >= 11 is 0. The fourth-order valence-corrected chi connectivity index (χ4v) is 4.14. The van der Waals surface area contributed by atoms with Crippen molar-refractivity contribution in [1.82, 2.24) is 5.32 Å². The molecule has 0 aliphatic carbocycles. The van der Waals surface area contributed by atoms with Gasteiger partial charge < -0.3 is 15.3 Å². The lowest BCUT2D eigenvalue weighted by Gasteiger charge is -2.40. The highest BCUT2D eigenvalue weighted by Gasteiger charge is 2.32. The molecule has 0 saturated heterocycles. The van der Waals surface area contributed by atoms with E-state index in [1.165, 1.54) is 0 Å². The summed E-state index contributed by atoms with van der Waals surface area (Å²) in [6.45, 7) is 7.80. The number of aromatic carboxylic acids is 1. The fourth-order valence-electron chi connectivity index (χ4n) is 4.14. The van der Waals surface area contributed by atoms with Gasteiger partial charge in [-0.3, -0.25) is 4.79 Å². The molecule has 0 unspecified atom stereocenters. The van der Waals surface area contributed by atoms with Gasteiger partial charge in [0.05, 0.1) is 11.6 Å². The highest BCUT2D eigenvalue weighted by molar-refractivity contribution is 5.94. The number of amides is 1. The van der Waals surface area contributed by atoms with Crippen LogP contribution in [-0.2, 0) is 4.79 Å². The lowest BCUT2D eigenvalue weighted by Crippen LogP contribution is -2.44. The van der Waals surface area contributed by atoms with Gasteiger partial charge in [-0.1, -0.05) is 37.3 Å². The van der Waals surface area contributed by atoms with Crippen LogP contribution in [0, 0.1) is 0 Å². The molecule has 5 heteroatoms. The Hall–Kier alpha value is -3.34. The highest BCUT2D eigenvalue weighted by atomic mass is 16.4. The number of nitrogens with one attached hydrogen (secondary N) is 1. The van der Waals surface area contributed by atoms with Gasteiger partial charge in [0, 0.05) is 24.4 Å². The van der Waals surface area contributed by atoms with Crippen LogP contribution in [0.2, 0.25) is 0 Å².